The van der Waals surface area contributed by atoms with E-state index in [9.17, 15) is 4.79 Å². The molecule has 0 spiro atoms. The summed E-state index contributed by atoms with van der Waals surface area (Å²) >= 11 is 12.1. The topological polar surface area (TPSA) is 78.6 Å². The van der Waals surface area contributed by atoms with Crippen molar-refractivity contribution in [2.24, 2.45) is 5.73 Å². The van der Waals surface area contributed by atoms with Crippen molar-refractivity contribution in [3.05, 3.63) is 27.7 Å². The molecule has 1 aliphatic heterocycles. The van der Waals surface area contributed by atoms with Gasteiger partial charge in [-0.3, -0.25) is 15.4 Å². The lowest BCUT2D eigenvalue weighted by atomic mass is 10.1. The first-order valence-corrected chi connectivity index (χ1v) is 6.15. The Hall–Kier alpha value is -1.01. The van der Waals surface area contributed by atoms with Crippen LogP contribution < -0.4 is 11.1 Å². The summed E-state index contributed by atoms with van der Waals surface area (Å²) in [5, 5.41) is 12.9. The van der Waals surface area contributed by atoms with Crippen LogP contribution in [0.1, 0.15) is 12.5 Å². The molecule has 0 saturated carbocycles. The van der Waals surface area contributed by atoms with Crippen molar-refractivity contribution in [2.75, 3.05) is 5.32 Å². The normalized spacial score (nSPS) is 21.0. The third kappa shape index (κ3) is 2.27. The van der Waals surface area contributed by atoms with Gasteiger partial charge in [-0.15, -0.1) is 0 Å². The molecular formula is C11H13Cl2N3O2. The minimum absolute atomic E-state index is 0.344. The monoisotopic (exact) mass is 289 g/mol. The Morgan fingerprint density at radius 1 is 1.61 bits per heavy atom. The lowest BCUT2D eigenvalue weighted by molar-refractivity contribution is -0.143. The number of hydrogen-bond acceptors (Lipinski definition) is 4. The van der Waals surface area contributed by atoms with Crippen molar-refractivity contribution < 1.29 is 9.90 Å². The molecule has 0 radical (unpaired) electrons. The zero-order valence-corrected chi connectivity index (χ0v) is 11.2. The van der Waals surface area contributed by atoms with Crippen molar-refractivity contribution in [2.45, 2.75) is 25.8 Å². The van der Waals surface area contributed by atoms with E-state index in [1.807, 2.05) is 0 Å². The Kier molecular flexibility index (Phi) is 3.68. The number of carbonyl (C=O) groups is 1. The van der Waals surface area contributed by atoms with Crippen molar-refractivity contribution in [1.29, 1.82) is 0 Å². The molecule has 18 heavy (non-hydrogen) atoms. The summed E-state index contributed by atoms with van der Waals surface area (Å²) in [6.45, 7) is 1.92. The number of hydrogen-bond donors (Lipinski definition) is 3. The van der Waals surface area contributed by atoms with Crippen molar-refractivity contribution >= 4 is 34.9 Å². The third-order valence-corrected chi connectivity index (χ3v) is 3.90. The molecule has 2 unspecified atom stereocenters. The summed E-state index contributed by atoms with van der Waals surface area (Å²) in [5.74, 6) is -0.936. The summed E-state index contributed by atoms with van der Waals surface area (Å²) in [6, 6.07) is 2.75. The first-order chi connectivity index (χ1) is 8.41. The molecule has 0 bridgehead atoms. The number of aliphatic carboxylic acids is 1. The Labute approximate surface area is 114 Å². The number of nitrogens with one attached hydrogen (secondary N) is 1. The van der Waals surface area contributed by atoms with Gasteiger partial charge in [-0.25, -0.2) is 0 Å². The smallest absolute Gasteiger partial charge is 0.320 e. The molecule has 0 saturated heterocycles. The summed E-state index contributed by atoms with van der Waals surface area (Å²) in [7, 11) is 0. The number of benzene rings is 1. The largest absolute Gasteiger partial charge is 0.480 e. The van der Waals surface area contributed by atoms with Gasteiger partial charge in [-0.2, -0.15) is 0 Å². The molecule has 7 heteroatoms. The van der Waals surface area contributed by atoms with E-state index in [0.29, 0.717) is 16.6 Å². The Morgan fingerprint density at radius 3 is 2.89 bits per heavy atom. The van der Waals surface area contributed by atoms with Gasteiger partial charge in [0.15, 0.2) is 0 Å². The van der Waals surface area contributed by atoms with Gasteiger partial charge in [0, 0.05) is 17.8 Å². The second-order valence-electron chi connectivity index (χ2n) is 4.16. The molecule has 2 rings (SSSR count). The van der Waals surface area contributed by atoms with Crippen LogP contribution in [0.25, 0.3) is 0 Å². The van der Waals surface area contributed by atoms with Gasteiger partial charge in [0.2, 0.25) is 0 Å². The zero-order valence-electron chi connectivity index (χ0n) is 9.65. The molecule has 0 fully saturated rings. The van der Waals surface area contributed by atoms with Crippen molar-refractivity contribution in [3.8, 4) is 0 Å². The van der Waals surface area contributed by atoms with Gasteiger partial charge >= 0.3 is 5.97 Å². The second kappa shape index (κ2) is 4.93. The highest BCUT2D eigenvalue weighted by Gasteiger charge is 2.31. The molecule has 0 aliphatic carbocycles. The zero-order chi connectivity index (χ0) is 13.4. The highest BCUT2D eigenvalue weighted by molar-refractivity contribution is 6.42. The quantitative estimate of drug-likeness (QED) is 0.775. The first kappa shape index (κ1) is 13.4. The summed E-state index contributed by atoms with van der Waals surface area (Å²) in [5.41, 5.74) is 7.44. The van der Waals surface area contributed by atoms with E-state index < -0.39 is 18.3 Å². The fourth-order valence-electron chi connectivity index (χ4n) is 1.93. The molecule has 1 aromatic carbocycles. The Bertz CT molecular complexity index is 495. The maximum Gasteiger partial charge on any atom is 0.320 e. The molecule has 4 N–H and O–H groups in total. The first-order valence-electron chi connectivity index (χ1n) is 5.39. The maximum atomic E-state index is 11.0. The van der Waals surface area contributed by atoms with Gasteiger partial charge in [-0.05, 0) is 19.1 Å². The Morgan fingerprint density at radius 2 is 2.28 bits per heavy atom. The SMILES string of the molecule is CC(C(=O)O)N1Cc2c(ccc(Cl)c2Cl)NC1N. The van der Waals surface area contributed by atoms with Crippen LogP contribution in [0.3, 0.4) is 0 Å². The minimum Gasteiger partial charge on any atom is -0.480 e. The average molecular weight is 290 g/mol. The van der Waals surface area contributed by atoms with Gasteiger partial charge in [-0.1, -0.05) is 23.2 Å². The molecule has 2 atom stereocenters. The summed E-state index contributed by atoms with van der Waals surface area (Å²) < 4.78 is 0. The maximum absolute atomic E-state index is 11.0. The number of anilines is 1. The number of halogens is 2. The highest BCUT2D eigenvalue weighted by Crippen LogP contribution is 2.35. The van der Waals surface area contributed by atoms with Gasteiger partial charge in [0.25, 0.3) is 0 Å². The molecule has 0 amide bonds. The number of nitrogens with zero attached hydrogens (tertiary/aromatic N) is 1. The Balaban J connectivity index is 2.37. The van der Waals surface area contributed by atoms with E-state index in [4.69, 9.17) is 34.0 Å². The van der Waals surface area contributed by atoms with Gasteiger partial charge in [0.05, 0.1) is 10.0 Å². The molecule has 0 aromatic heterocycles. The summed E-state index contributed by atoms with van der Waals surface area (Å²) in [6.07, 6.45) is -0.569. The van der Waals surface area contributed by atoms with Crippen LogP contribution in [-0.2, 0) is 11.3 Å². The van der Waals surface area contributed by atoms with E-state index in [2.05, 4.69) is 5.32 Å². The highest BCUT2D eigenvalue weighted by atomic mass is 35.5. The van der Waals surface area contributed by atoms with Crippen molar-refractivity contribution in [1.82, 2.24) is 4.90 Å². The predicted octanol–water partition coefficient (Wildman–Crippen LogP) is 1.94. The second-order valence-corrected chi connectivity index (χ2v) is 4.95. The van der Waals surface area contributed by atoms with Crippen LogP contribution in [0.15, 0.2) is 12.1 Å². The predicted molar refractivity (Wildman–Crippen MR) is 70.7 cm³/mol. The third-order valence-electron chi connectivity index (χ3n) is 3.05. The van der Waals surface area contributed by atoms with Crippen LogP contribution in [0.4, 0.5) is 5.69 Å². The molecule has 98 valence electrons. The van der Waals surface area contributed by atoms with Crippen LogP contribution in [0.5, 0.6) is 0 Å². The fraction of sp³-hybridized carbons (Fsp3) is 0.364. The van der Waals surface area contributed by atoms with E-state index in [0.717, 1.165) is 11.3 Å². The molecule has 1 aliphatic rings. The average Bonchev–Trinajstić information content (AvgIpc) is 2.32. The standard InChI is InChI=1S/C11H13Cl2N3O2/c1-5(10(17)18)16-4-6-8(15-11(16)14)3-2-7(12)9(6)13/h2-3,5,11,15H,4,14H2,1H3,(H,17,18). The van der Waals surface area contributed by atoms with Crippen LogP contribution in [0, 0.1) is 0 Å². The van der Waals surface area contributed by atoms with Crippen LogP contribution >= 0.6 is 23.2 Å². The number of nitrogens with two attached hydrogens (primary N) is 1. The van der Waals surface area contributed by atoms with Gasteiger partial charge < -0.3 is 10.4 Å². The van der Waals surface area contributed by atoms with E-state index in [1.165, 1.54) is 0 Å². The molecular weight excluding hydrogens is 277 g/mol. The fourth-order valence-corrected chi connectivity index (χ4v) is 2.33. The number of carboxylic acid groups (broad SMARTS) is 1. The van der Waals surface area contributed by atoms with E-state index >= 15 is 0 Å². The number of carboxylic acids is 1. The van der Waals surface area contributed by atoms with Gasteiger partial charge in [0.1, 0.15) is 12.3 Å². The van der Waals surface area contributed by atoms with Crippen LogP contribution in [-0.4, -0.2) is 28.3 Å². The van der Waals surface area contributed by atoms with E-state index in [1.54, 1.807) is 24.0 Å². The lowest BCUT2D eigenvalue weighted by Gasteiger charge is -2.38. The molecule has 1 heterocycles. The lowest BCUT2D eigenvalue weighted by Crippen LogP contribution is -2.55. The number of rotatable bonds is 2. The van der Waals surface area contributed by atoms with Crippen molar-refractivity contribution in [3.63, 3.8) is 0 Å². The number of fused-ring (bicyclic) bond motifs is 1. The van der Waals surface area contributed by atoms with E-state index in [-0.39, 0.29) is 0 Å². The molecule has 1 aromatic rings. The minimum atomic E-state index is -0.936. The molecule has 5 nitrogen and oxygen atoms in total. The summed E-state index contributed by atoms with van der Waals surface area (Å²) in [4.78, 5) is 12.6. The van der Waals surface area contributed by atoms with Crippen LogP contribution in [0.2, 0.25) is 10.0 Å².